The summed E-state index contributed by atoms with van der Waals surface area (Å²) in [6.45, 7) is 31.1. The van der Waals surface area contributed by atoms with E-state index in [4.69, 9.17) is 14.5 Å². The van der Waals surface area contributed by atoms with Crippen molar-refractivity contribution in [3.8, 4) is 0 Å². The summed E-state index contributed by atoms with van der Waals surface area (Å²) in [6.07, 6.45) is -0.668. The third kappa shape index (κ3) is 25.7. The van der Waals surface area contributed by atoms with Crippen molar-refractivity contribution in [2.24, 2.45) is 47.3 Å². The number of pyridine rings is 1. The molecule has 0 aliphatic carbocycles. The molecule has 27 heteroatoms. The zero-order valence-corrected chi connectivity index (χ0v) is 63.5. The molecule has 100 heavy (non-hydrogen) atoms. The largest absolute Gasteiger partial charge is 0.450 e. The van der Waals surface area contributed by atoms with Crippen molar-refractivity contribution >= 4 is 76.9 Å². The highest BCUT2D eigenvalue weighted by Crippen LogP contribution is 2.26. The van der Waals surface area contributed by atoms with E-state index < -0.39 is 162 Å². The van der Waals surface area contributed by atoms with E-state index in [1.54, 1.807) is 46.8 Å². The van der Waals surface area contributed by atoms with Gasteiger partial charge < -0.3 is 75.3 Å². The number of aromatic nitrogens is 1. The van der Waals surface area contributed by atoms with Crippen molar-refractivity contribution < 1.29 is 72.4 Å². The molecule has 3 heterocycles. The van der Waals surface area contributed by atoms with Crippen LogP contribution in [0.3, 0.4) is 0 Å². The number of aliphatic hydroxyl groups is 2. The number of hydrogen-bond acceptors (Lipinski definition) is 17. The van der Waals surface area contributed by atoms with E-state index in [0.717, 1.165) is 20.5 Å². The Hall–Kier alpha value is -7.26. The van der Waals surface area contributed by atoms with E-state index in [9.17, 15) is 48.6 Å². The topological polar surface area (TPSA) is 330 Å². The SMILES string of the molecule is C.CC(C)C[C@@H]1C(=O)N[C@H](CC(C)C)C(=O)N(C)[C@H](C(C)C)C(=O)N(C)[C@H]([C@H](O)[C@H](C)C/C=C/c2cccc(N3CCOCC3)n2)C(=O)N[C@H]([C@@H](C)O)C(=O)N(C)CC(=O)N(C)[C@@H](CC(C)C)C(=O)N[C@H](CC(C)C)C(=O)N(C)[C@H](CC(C)C)C(=O)N[C@H](C)C(=O)O[C@@H](C(C)C)C(=O)N1C. The molecule has 13 atom stereocenters. The number of carbonyl (C=O) groups excluding carboxylic acids is 11. The van der Waals surface area contributed by atoms with Gasteiger partial charge in [0.05, 0.1) is 37.7 Å². The predicted octanol–water partition coefficient (Wildman–Crippen LogP) is 4.36. The number of anilines is 1. The van der Waals surface area contributed by atoms with Crippen LogP contribution >= 0.6 is 0 Å². The van der Waals surface area contributed by atoms with E-state index in [0.29, 0.717) is 32.0 Å². The minimum absolute atomic E-state index is 0. The first-order valence-electron chi connectivity index (χ1n) is 35.4. The molecular formula is C73H126N12O15. The number of hydrogen-bond donors (Lipinski definition) is 6. The average molecular weight is 1410 g/mol. The van der Waals surface area contributed by atoms with Crippen LogP contribution in [0.4, 0.5) is 5.82 Å². The summed E-state index contributed by atoms with van der Waals surface area (Å²) in [6, 6.07) is -6.92. The summed E-state index contributed by atoms with van der Waals surface area (Å²) >= 11 is 0. The first-order valence-corrected chi connectivity index (χ1v) is 35.4. The molecule has 2 saturated heterocycles. The molecule has 0 bridgehead atoms. The van der Waals surface area contributed by atoms with Gasteiger partial charge in [0.25, 0.3) is 5.91 Å². The lowest BCUT2D eigenvalue weighted by Gasteiger charge is -2.40. The fraction of sp³-hybridized carbons (Fsp3) is 0.753. The third-order valence-corrected chi connectivity index (χ3v) is 18.2. The summed E-state index contributed by atoms with van der Waals surface area (Å²) in [5.41, 5.74) is 0.615. The number of cyclic esters (lactones) is 1. The minimum atomic E-state index is -1.81. The molecule has 3 rings (SSSR count). The first-order chi connectivity index (χ1) is 46.0. The molecule has 0 spiro atoms. The van der Waals surface area contributed by atoms with E-state index in [1.807, 2.05) is 87.4 Å². The summed E-state index contributed by atoms with van der Waals surface area (Å²) in [7, 11) is 8.12. The molecule has 27 nitrogen and oxygen atoms in total. The van der Waals surface area contributed by atoms with Crippen LogP contribution in [-0.4, -0.2) is 257 Å². The molecule has 1 aromatic rings. The molecule has 10 amide bonds. The molecule has 6 N–H and O–H groups in total. The summed E-state index contributed by atoms with van der Waals surface area (Å²) < 4.78 is 11.4. The Morgan fingerprint density at radius 2 is 0.980 bits per heavy atom. The first kappa shape index (κ1) is 88.8. The highest BCUT2D eigenvalue weighted by molar-refractivity contribution is 5.99. The lowest BCUT2D eigenvalue weighted by Crippen LogP contribution is -2.64. The van der Waals surface area contributed by atoms with Crippen molar-refractivity contribution in [3.63, 3.8) is 0 Å². The predicted molar refractivity (Wildman–Crippen MR) is 385 cm³/mol. The molecule has 2 aliphatic heterocycles. The molecule has 2 aliphatic rings. The summed E-state index contributed by atoms with van der Waals surface area (Å²) in [4.78, 5) is 176. The number of amides is 10. The van der Waals surface area contributed by atoms with E-state index in [2.05, 4.69) is 26.2 Å². The number of allylic oxidation sites excluding steroid dienone is 1. The van der Waals surface area contributed by atoms with Gasteiger partial charge in [-0.3, -0.25) is 47.9 Å². The highest BCUT2D eigenvalue weighted by Gasteiger charge is 2.46. The second-order valence-corrected chi connectivity index (χ2v) is 30.1. The van der Waals surface area contributed by atoms with E-state index in [1.165, 1.54) is 70.8 Å². The highest BCUT2D eigenvalue weighted by atomic mass is 16.6. The van der Waals surface area contributed by atoms with Crippen LogP contribution in [0.5, 0.6) is 0 Å². The van der Waals surface area contributed by atoms with Crippen molar-refractivity contribution in [2.45, 2.75) is 236 Å². The number of rotatable bonds is 19. The second-order valence-electron chi connectivity index (χ2n) is 30.1. The number of esters is 1. The van der Waals surface area contributed by atoms with Gasteiger partial charge in [-0.15, -0.1) is 0 Å². The monoisotopic (exact) mass is 1410 g/mol. The number of likely N-dealkylation sites (N-methyl/N-ethyl adjacent to an activating group) is 6. The molecule has 0 unspecified atom stereocenters. The lowest BCUT2D eigenvalue weighted by atomic mass is 9.91. The molecular weight excluding hydrogens is 1280 g/mol. The van der Waals surface area contributed by atoms with Crippen LogP contribution in [-0.2, 0) is 62.2 Å². The molecule has 0 radical (unpaired) electrons. The maximum Gasteiger partial charge on any atom is 0.329 e. The Balaban J connectivity index is 0.0000340. The summed E-state index contributed by atoms with van der Waals surface area (Å²) in [5.74, 6) is -11.2. The maximum atomic E-state index is 15.4. The fourth-order valence-corrected chi connectivity index (χ4v) is 12.4. The van der Waals surface area contributed by atoms with Crippen molar-refractivity contribution in [1.29, 1.82) is 0 Å². The van der Waals surface area contributed by atoms with Gasteiger partial charge in [-0.1, -0.05) is 123 Å². The van der Waals surface area contributed by atoms with Crippen LogP contribution in [0.25, 0.3) is 6.08 Å². The molecule has 2 fully saturated rings. The number of nitrogens with one attached hydrogen (secondary N) is 4. The number of nitrogens with zero attached hydrogens (tertiary/aromatic N) is 8. The van der Waals surface area contributed by atoms with E-state index in [-0.39, 0.29) is 75.5 Å². The van der Waals surface area contributed by atoms with Gasteiger partial charge in [0.2, 0.25) is 53.2 Å². The third-order valence-electron chi connectivity index (χ3n) is 18.2. The second kappa shape index (κ2) is 41.0. The Labute approximate surface area is 596 Å². The van der Waals surface area contributed by atoms with Crippen molar-refractivity contribution in [1.82, 2.24) is 55.7 Å². The number of carbonyl (C=O) groups is 11. The van der Waals surface area contributed by atoms with Gasteiger partial charge >= 0.3 is 5.97 Å². The van der Waals surface area contributed by atoms with Gasteiger partial charge in [-0.2, -0.15) is 0 Å². The van der Waals surface area contributed by atoms with Crippen molar-refractivity contribution in [3.05, 3.63) is 30.0 Å². The quantitative estimate of drug-likeness (QED) is 0.105. The Bertz CT molecular complexity index is 2910. The van der Waals surface area contributed by atoms with Crippen molar-refractivity contribution in [2.75, 3.05) is 80.0 Å². The zero-order chi connectivity index (χ0) is 75.4. The molecule has 568 valence electrons. The average Bonchev–Trinajstić information content (AvgIpc) is 0.825. The number of ether oxygens (including phenoxy) is 2. The van der Waals surface area contributed by atoms with Crippen LogP contribution in [0, 0.1) is 47.3 Å². The normalized spacial score (nSPS) is 25.7. The van der Waals surface area contributed by atoms with Crippen LogP contribution in [0.1, 0.15) is 169 Å². The minimum Gasteiger partial charge on any atom is -0.450 e. The van der Waals surface area contributed by atoms with Crippen LogP contribution in [0.2, 0.25) is 0 Å². The molecule has 1 aromatic heterocycles. The Morgan fingerprint density at radius 3 is 1.44 bits per heavy atom. The maximum absolute atomic E-state index is 15.4. The smallest absolute Gasteiger partial charge is 0.329 e. The lowest BCUT2D eigenvalue weighted by molar-refractivity contribution is -0.166. The van der Waals surface area contributed by atoms with Crippen LogP contribution < -0.4 is 26.2 Å². The fourth-order valence-electron chi connectivity index (χ4n) is 12.4. The van der Waals surface area contributed by atoms with Crippen LogP contribution in [0.15, 0.2) is 24.3 Å². The number of morpholine rings is 1. The molecule has 0 aromatic carbocycles. The Kier molecular flexibility index (Phi) is 36.4. The van der Waals surface area contributed by atoms with Gasteiger partial charge in [-0.05, 0) is 118 Å². The standard InChI is InChI=1S/C72H122N12O15.CH4/c1-40(2)34-51-67(92)80(20)54(37-43(7)8)63(88)73-48(16)72(97)99-62(46(13)14)71(96)81(21)55(38-44(9)10)65(90)76-52(35-41(3)4)68(93)82(22)59(45(11)12)70(95)83(23)60(61(87)47(15)26-24-27-50-28-25-29-56(74-50)84-30-32-98-33-31-84)66(91)77-58(49(17)85)69(94)78(18)39-57(86)79(19)53(36-42(5)6)64(89)75-51;/h24-25,27-29,40-49,51-55,58-62,85,87H,26,30-39H2,1-23H3,(H,73,88)(H,75,89)(H,76,90)(H,77,91);1H4/b27-24+;/t47-,48-,49-,51-,52-,53+,54-,55-,58-,59-,60-,61-,62+;/m1./s1. The van der Waals surface area contributed by atoms with Gasteiger partial charge in [0, 0.05) is 55.4 Å². The number of aliphatic hydroxyl groups excluding tert-OH is 2. The Morgan fingerprint density at radius 1 is 0.530 bits per heavy atom. The molecule has 0 saturated carbocycles. The van der Waals surface area contributed by atoms with Gasteiger partial charge in [-0.25, -0.2) is 9.78 Å². The van der Waals surface area contributed by atoms with Gasteiger partial charge in [0.15, 0.2) is 6.10 Å². The zero-order valence-electron chi connectivity index (χ0n) is 63.5. The van der Waals surface area contributed by atoms with Gasteiger partial charge in [0.1, 0.15) is 60.2 Å². The van der Waals surface area contributed by atoms with E-state index >= 15 is 14.4 Å². The summed E-state index contributed by atoms with van der Waals surface area (Å²) in [5, 5.41) is 35.0.